The highest BCUT2D eigenvalue weighted by molar-refractivity contribution is 6.30. The highest BCUT2D eigenvalue weighted by Crippen LogP contribution is 2.32. The van der Waals surface area contributed by atoms with Crippen LogP contribution in [0.3, 0.4) is 0 Å². The fourth-order valence-corrected chi connectivity index (χ4v) is 4.01. The van der Waals surface area contributed by atoms with E-state index in [1.165, 1.54) is 11.1 Å². The van der Waals surface area contributed by atoms with Gasteiger partial charge in [-0.15, -0.1) is 0 Å². The van der Waals surface area contributed by atoms with Crippen molar-refractivity contribution in [1.29, 1.82) is 5.41 Å². The van der Waals surface area contributed by atoms with Crippen molar-refractivity contribution in [2.45, 2.75) is 72.3 Å². The maximum Gasteiger partial charge on any atom is 0.0888 e. The lowest BCUT2D eigenvalue weighted by atomic mass is 9.81. The Balaban J connectivity index is 1.96. The summed E-state index contributed by atoms with van der Waals surface area (Å²) in [5.41, 5.74) is 14.6. The van der Waals surface area contributed by atoms with Crippen LogP contribution in [0.15, 0.2) is 60.7 Å². The van der Waals surface area contributed by atoms with Gasteiger partial charge in [0.25, 0.3) is 0 Å². The van der Waals surface area contributed by atoms with E-state index in [4.69, 9.17) is 5.41 Å². The van der Waals surface area contributed by atoms with Gasteiger partial charge in [0.05, 0.1) is 11.8 Å². The lowest BCUT2D eigenvalue weighted by molar-refractivity contribution is 0.474. The van der Waals surface area contributed by atoms with E-state index in [0.717, 1.165) is 28.8 Å². The third-order valence-electron chi connectivity index (χ3n) is 6.22. The molecule has 0 aromatic heterocycles. The number of nitrogens with one attached hydrogen (secondary N) is 3. The van der Waals surface area contributed by atoms with Crippen LogP contribution in [0.5, 0.6) is 0 Å². The van der Waals surface area contributed by atoms with Crippen LogP contribution in [0.25, 0.3) is 11.1 Å². The van der Waals surface area contributed by atoms with E-state index >= 15 is 0 Å². The second-order valence-corrected chi connectivity index (χ2v) is 11.6. The molecule has 3 rings (SSSR count). The molecule has 0 radical (unpaired) electrons. The largest absolute Gasteiger partial charge is 0.303 e. The van der Waals surface area contributed by atoms with Crippen molar-refractivity contribution in [2.24, 2.45) is 5.92 Å². The Morgan fingerprint density at radius 3 is 1.70 bits per heavy atom. The first-order chi connectivity index (χ1) is 15.4. The quantitative estimate of drug-likeness (QED) is 0.425. The standard InChI is InChI=1S/C30H41N3/c1-20(2)19-32-33-28-26(22-11-15-24(16-12-22)30(6,7)8)18-17-25(27(28)31)21-9-13-23(14-10-21)29(3,4)5/h9-18,20,28,31-33H,19H2,1-8H3. The van der Waals surface area contributed by atoms with E-state index in [2.05, 4.69) is 127 Å². The van der Waals surface area contributed by atoms with Gasteiger partial charge in [-0.05, 0) is 44.6 Å². The number of hydrogen-bond acceptors (Lipinski definition) is 3. The van der Waals surface area contributed by atoms with E-state index in [1.54, 1.807) is 0 Å². The number of hydrazine groups is 1. The van der Waals surface area contributed by atoms with Gasteiger partial charge in [-0.25, -0.2) is 5.43 Å². The van der Waals surface area contributed by atoms with Crippen LogP contribution in [0.2, 0.25) is 0 Å². The monoisotopic (exact) mass is 443 g/mol. The molecule has 0 saturated heterocycles. The Morgan fingerprint density at radius 2 is 1.24 bits per heavy atom. The normalized spacial score (nSPS) is 17.2. The average Bonchev–Trinajstić information content (AvgIpc) is 2.73. The number of benzene rings is 2. The molecule has 0 saturated carbocycles. The van der Waals surface area contributed by atoms with Gasteiger partial charge in [0, 0.05) is 12.1 Å². The molecule has 2 aromatic rings. The zero-order chi connectivity index (χ0) is 24.4. The third-order valence-corrected chi connectivity index (χ3v) is 6.22. The fourth-order valence-electron chi connectivity index (χ4n) is 4.01. The van der Waals surface area contributed by atoms with E-state index in [1.807, 2.05) is 0 Å². The van der Waals surface area contributed by atoms with Crippen molar-refractivity contribution in [3.8, 4) is 0 Å². The Labute approximate surface area is 200 Å². The molecule has 1 atom stereocenters. The molecule has 0 bridgehead atoms. The van der Waals surface area contributed by atoms with Crippen LogP contribution in [0, 0.1) is 11.3 Å². The summed E-state index contributed by atoms with van der Waals surface area (Å²) in [6.07, 6.45) is 4.27. The van der Waals surface area contributed by atoms with Crippen LogP contribution < -0.4 is 10.9 Å². The molecule has 3 N–H and O–H groups in total. The van der Waals surface area contributed by atoms with Gasteiger partial charge in [0.1, 0.15) is 0 Å². The van der Waals surface area contributed by atoms with Crippen molar-refractivity contribution in [2.75, 3.05) is 6.54 Å². The lowest BCUT2D eigenvalue weighted by Gasteiger charge is -2.29. The molecule has 3 nitrogen and oxygen atoms in total. The molecule has 0 spiro atoms. The van der Waals surface area contributed by atoms with Crippen molar-refractivity contribution >= 4 is 16.9 Å². The Bertz CT molecular complexity index is 1020. The van der Waals surface area contributed by atoms with E-state index in [0.29, 0.717) is 11.6 Å². The minimum absolute atomic E-state index is 0.115. The second kappa shape index (κ2) is 9.79. The molecule has 0 amide bonds. The maximum absolute atomic E-state index is 9.11. The number of rotatable bonds is 6. The van der Waals surface area contributed by atoms with E-state index in [-0.39, 0.29) is 16.9 Å². The van der Waals surface area contributed by atoms with Crippen molar-refractivity contribution in [1.82, 2.24) is 10.9 Å². The molecule has 0 heterocycles. The van der Waals surface area contributed by atoms with Crippen LogP contribution in [-0.2, 0) is 10.8 Å². The van der Waals surface area contributed by atoms with Crippen molar-refractivity contribution < 1.29 is 0 Å². The summed E-state index contributed by atoms with van der Waals surface area (Å²) >= 11 is 0. The highest BCUT2D eigenvalue weighted by atomic mass is 15.4. The van der Waals surface area contributed by atoms with Crippen molar-refractivity contribution in [3.05, 3.63) is 82.9 Å². The minimum atomic E-state index is -0.216. The Morgan fingerprint density at radius 1 is 0.758 bits per heavy atom. The summed E-state index contributed by atoms with van der Waals surface area (Å²) in [4.78, 5) is 0. The van der Waals surface area contributed by atoms with Crippen molar-refractivity contribution in [3.63, 3.8) is 0 Å². The topological polar surface area (TPSA) is 47.9 Å². The summed E-state index contributed by atoms with van der Waals surface area (Å²) in [5, 5.41) is 9.11. The minimum Gasteiger partial charge on any atom is -0.303 e. The summed E-state index contributed by atoms with van der Waals surface area (Å²) in [7, 11) is 0. The zero-order valence-electron chi connectivity index (χ0n) is 21.6. The molecule has 1 aliphatic rings. The molecule has 0 aliphatic heterocycles. The Hall–Kier alpha value is -2.49. The first-order valence-electron chi connectivity index (χ1n) is 12.1. The molecule has 2 aromatic carbocycles. The van der Waals surface area contributed by atoms with Gasteiger partial charge < -0.3 is 5.41 Å². The molecule has 1 aliphatic carbocycles. The van der Waals surface area contributed by atoms with Crippen LogP contribution in [0.4, 0.5) is 0 Å². The average molecular weight is 444 g/mol. The summed E-state index contributed by atoms with van der Waals surface area (Å²) in [5.74, 6) is 0.522. The van der Waals surface area contributed by atoms with Crippen LogP contribution in [0.1, 0.15) is 77.6 Å². The lowest BCUT2D eigenvalue weighted by Crippen LogP contribution is -2.48. The molecule has 0 fully saturated rings. The first-order valence-corrected chi connectivity index (χ1v) is 12.1. The fraction of sp³-hybridized carbons (Fsp3) is 0.433. The summed E-state index contributed by atoms with van der Waals surface area (Å²) in [6, 6.07) is 17.3. The van der Waals surface area contributed by atoms with Crippen LogP contribution >= 0.6 is 0 Å². The van der Waals surface area contributed by atoms with Crippen LogP contribution in [-0.4, -0.2) is 18.3 Å². The van der Waals surface area contributed by atoms with E-state index < -0.39 is 0 Å². The summed E-state index contributed by atoms with van der Waals surface area (Å²) in [6.45, 7) is 18.6. The first kappa shape index (κ1) is 25.1. The SMILES string of the molecule is CC(C)CNNC1C(=N)C(c2ccc(C(C)(C)C)cc2)=CC=C1c1ccc(C(C)(C)C)cc1. The smallest absolute Gasteiger partial charge is 0.0888 e. The molecular formula is C30H41N3. The Kier molecular flexibility index (Phi) is 7.45. The molecule has 33 heavy (non-hydrogen) atoms. The predicted molar refractivity (Wildman–Crippen MR) is 144 cm³/mol. The van der Waals surface area contributed by atoms with Gasteiger partial charge in [-0.2, -0.15) is 0 Å². The molecule has 3 heteroatoms. The number of allylic oxidation sites excluding steroid dienone is 2. The zero-order valence-corrected chi connectivity index (χ0v) is 21.6. The van der Waals surface area contributed by atoms with Gasteiger partial charge in [-0.1, -0.05) is 116 Å². The van der Waals surface area contributed by atoms with Gasteiger partial charge in [-0.3, -0.25) is 5.43 Å². The molecule has 1 unspecified atom stereocenters. The third kappa shape index (κ3) is 6.10. The predicted octanol–water partition coefficient (Wildman–Crippen LogP) is 6.90. The highest BCUT2D eigenvalue weighted by Gasteiger charge is 2.27. The van der Waals surface area contributed by atoms with Gasteiger partial charge >= 0.3 is 0 Å². The van der Waals surface area contributed by atoms with Gasteiger partial charge in [0.2, 0.25) is 0 Å². The molecule has 176 valence electrons. The second-order valence-electron chi connectivity index (χ2n) is 11.6. The number of hydrogen-bond donors (Lipinski definition) is 3. The van der Waals surface area contributed by atoms with Gasteiger partial charge in [0.15, 0.2) is 0 Å². The van der Waals surface area contributed by atoms with E-state index in [9.17, 15) is 0 Å². The maximum atomic E-state index is 9.11. The molecular weight excluding hydrogens is 402 g/mol. The summed E-state index contributed by atoms with van der Waals surface area (Å²) < 4.78 is 0.